The van der Waals surface area contributed by atoms with Crippen molar-refractivity contribution in [1.82, 2.24) is 0 Å². The molecule has 0 aliphatic rings. The largest absolute Gasteiger partial charge is 0.458 e. The molecule has 0 aliphatic heterocycles. The van der Waals surface area contributed by atoms with Crippen molar-refractivity contribution in [2.45, 2.75) is 96.8 Å². The molecule has 0 atom stereocenters. The maximum absolute atomic E-state index is 17.9. The molecule has 0 saturated heterocycles. The summed E-state index contributed by atoms with van der Waals surface area (Å²) in [6.45, 7) is 0. The molecule has 0 spiro atoms. The Bertz CT molecular complexity index is 3850. The van der Waals surface area contributed by atoms with Crippen LogP contribution in [0.1, 0.15) is 44.5 Å². The Morgan fingerprint density at radius 1 is 0.175 bits per heavy atom. The average molecular weight is 1460 g/mol. The molecule has 0 nitrogen and oxygen atoms in total. The van der Waals surface area contributed by atoms with Gasteiger partial charge in [0.25, 0.3) is 0 Å². The molecule has 8 rings (SSSR count). The quantitative estimate of drug-likeness (QED) is 0.0845. The topological polar surface area (TPSA) is 0 Å². The Kier molecular flexibility index (Phi) is 17.0. The summed E-state index contributed by atoms with van der Waals surface area (Å²) < 4.78 is 652. The van der Waals surface area contributed by atoms with Crippen LogP contribution in [0.5, 0.6) is 0 Å². The van der Waals surface area contributed by atoms with Crippen molar-refractivity contribution in [3.05, 3.63) is 166 Å². The molecule has 41 heteroatoms. The number of halogens is 40. The van der Waals surface area contributed by atoms with E-state index in [4.69, 9.17) is 0 Å². The van der Waals surface area contributed by atoms with Crippen molar-refractivity contribution < 1.29 is 176 Å². The van der Waals surface area contributed by atoms with E-state index < -0.39 is 285 Å². The molecule has 0 amide bonds. The Hall–Kier alpha value is -7.94. The summed E-state index contributed by atoms with van der Waals surface area (Å²) >= 11 is 0. The third kappa shape index (κ3) is 11.0. The van der Waals surface area contributed by atoms with E-state index in [2.05, 4.69) is 0 Å². The van der Waals surface area contributed by atoms with Gasteiger partial charge in [0, 0.05) is 44.5 Å². The molecule has 0 aromatic heterocycles. The molecule has 0 heterocycles. The third-order valence-electron chi connectivity index (χ3n) is 15.5. The monoisotopic (exact) mass is 1460 g/mol. The molecular formula is C56H20BF40-. The minimum atomic E-state index is -9.45. The van der Waals surface area contributed by atoms with Gasteiger partial charge in [0.05, 0.1) is 0 Å². The van der Waals surface area contributed by atoms with E-state index in [1.54, 1.807) is 0 Å². The highest BCUT2D eigenvalue weighted by Crippen LogP contribution is 2.61. The number of fused-ring (bicyclic) bond motifs is 4. The first-order chi connectivity index (χ1) is 43.3. The number of hydrogen-bond acceptors (Lipinski definition) is 0. The second-order valence-corrected chi connectivity index (χ2v) is 21.2. The van der Waals surface area contributed by atoms with Gasteiger partial charge in [-0.3, -0.25) is 0 Å². The van der Waals surface area contributed by atoms with E-state index >= 15 is 176 Å². The lowest BCUT2D eigenvalue weighted by Crippen LogP contribution is -2.80. The van der Waals surface area contributed by atoms with Gasteiger partial charge >= 0.3 is 96.8 Å². The third-order valence-corrected chi connectivity index (χ3v) is 15.5. The first kappa shape index (κ1) is 74.8. The van der Waals surface area contributed by atoms with Crippen molar-refractivity contribution in [2.75, 3.05) is 0 Å². The predicted molar refractivity (Wildman–Crippen MR) is 260 cm³/mol. The molecule has 0 fully saturated rings. The van der Waals surface area contributed by atoms with E-state index in [0.717, 1.165) is 0 Å². The van der Waals surface area contributed by atoms with Gasteiger partial charge in [-0.25, -0.2) is 0 Å². The molecule has 97 heavy (non-hydrogen) atoms. The van der Waals surface area contributed by atoms with Crippen LogP contribution in [-0.4, -0.2) is 55.6 Å². The zero-order valence-electron chi connectivity index (χ0n) is 45.2. The summed E-state index contributed by atoms with van der Waals surface area (Å²) in [4.78, 5) is 0. The molecule has 0 radical (unpaired) electrons. The Morgan fingerprint density at radius 2 is 0.309 bits per heavy atom. The SMILES string of the molecule is FC(F)(F)C(F)(F)c1cc2ccccc2c([B-](c2c(C(F)(F)C(F)(F)F)c(C(F)(F)C(F)(F)F)cc3ccccc23)(c2c(C(F)(F)C(F)(F)F)c(C(F)(F)C(F)(F)F)cc3ccccc23)c2c(C(F)(F)C(F)(F)F)c(C(F)(F)C(F)(F)F)cc3ccccc23)c1C(F)(F)C(F)(F)F. The number of benzene rings is 8. The molecule has 0 N–H and O–H groups in total. The van der Waals surface area contributed by atoms with Gasteiger partial charge in [0.1, 0.15) is 6.15 Å². The summed E-state index contributed by atoms with van der Waals surface area (Å²) in [6.07, 6.45) is -76.6. The molecule has 0 aliphatic carbocycles. The minimum absolute atomic E-state index is 0.0622. The summed E-state index contributed by atoms with van der Waals surface area (Å²) in [5, 5.41) is -22.9. The second kappa shape index (κ2) is 22.0. The van der Waals surface area contributed by atoms with Gasteiger partial charge in [-0.15, -0.1) is 0 Å². The van der Waals surface area contributed by atoms with Crippen molar-refractivity contribution in [3.63, 3.8) is 0 Å². The van der Waals surface area contributed by atoms with Gasteiger partial charge in [-0.1, -0.05) is 119 Å². The van der Waals surface area contributed by atoms with Crippen molar-refractivity contribution in [2.24, 2.45) is 0 Å². The van der Waals surface area contributed by atoms with Gasteiger partial charge in [0.15, 0.2) is 0 Å². The number of alkyl halides is 40. The molecule has 0 saturated carbocycles. The van der Waals surface area contributed by atoms with Gasteiger partial charge < -0.3 is 0 Å². The lowest BCUT2D eigenvalue weighted by atomic mass is 9.09. The second-order valence-electron chi connectivity index (χ2n) is 21.2. The van der Waals surface area contributed by atoms with Crippen molar-refractivity contribution >= 4 is 71.1 Å². The number of hydrogen-bond donors (Lipinski definition) is 0. The average Bonchev–Trinajstić information content (AvgIpc) is 0.652. The van der Waals surface area contributed by atoms with Gasteiger partial charge in [-0.05, 0) is 45.8 Å². The molecule has 0 bridgehead atoms. The van der Waals surface area contributed by atoms with Crippen LogP contribution in [0.25, 0.3) is 43.1 Å². The maximum atomic E-state index is 17.9. The zero-order chi connectivity index (χ0) is 74.2. The standard InChI is InChI=1S/C56H20BF40/c58-41(59,49(74,75)76)29-17-21-9-1-5-13-25(21)37(33(29)45(66,67)53(86,87)88)57(38-26-14-6-2-10-22(26)18-30(42(60,61)50(77,78)79)34(38)46(68,69)54(89,90)91,39-27-15-7-3-11-23(27)19-31(43(62,63)51(80,81)82)35(39)47(70,71)55(92,93)94)40-28-16-8-4-12-24(28)20-32(44(64,65)52(83,84)85)36(40)48(72,73)56(95,96)97/h1-20H/q-1. The van der Waals surface area contributed by atoms with Crippen LogP contribution in [0.15, 0.2) is 121 Å². The van der Waals surface area contributed by atoms with E-state index in [1.165, 1.54) is 0 Å². The maximum Gasteiger partial charge on any atom is 0.458 e. The normalized spacial score (nSPS) is 15.0. The molecule has 528 valence electrons. The summed E-state index contributed by atoms with van der Waals surface area (Å²) in [6, 6.07) is -12.8. The Labute approximate surface area is 508 Å². The minimum Gasteiger partial charge on any atom is -0.191 e. The van der Waals surface area contributed by atoms with Crippen LogP contribution >= 0.6 is 0 Å². The molecule has 0 unspecified atom stereocenters. The van der Waals surface area contributed by atoms with Crippen molar-refractivity contribution in [1.29, 1.82) is 0 Å². The lowest BCUT2D eigenvalue weighted by Gasteiger charge is -2.54. The van der Waals surface area contributed by atoms with E-state index in [1.807, 2.05) is 0 Å². The Balaban J connectivity index is 2.26. The van der Waals surface area contributed by atoms with E-state index in [9.17, 15) is 0 Å². The van der Waals surface area contributed by atoms with Crippen molar-refractivity contribution in [3.8, 4) is 0 Å². The van der Waals surface area contributed by atoms with Crippen LogP contribution in [0.4, 0.5) is 176 Å². The predicted octanol–water partition coefficient (Wildman–Crippen LogP) is 20.9. The molecular weight excluding hydrogens is 1440 g/mol. The summed E-state index contributed by atoms with van der Waals surface area (Å²) in [5.41, 5.74) is -58.3. The van der Waals surface area contributed by atoms with Crippen LogP contribution < -0.4 is 21.9 Å². The molecule has 8 aromatic rings. The van der Waals surface area contributed by atoms with Gasteiger partial charge in [0.2, 0.25) is 0 Å². The first-order valence-corrected chi connectivity index (χ1v) is 25.3. The summed E-state index contributed by atoms with van der Waals surface area (Å²) in [5.74, 6) is -67.3. The van der Waals surface area contributed by atoms with Gasteiger partial charge in [-0.2, -0.15) is 197 Å². The fourth-order valence-electron chi connectivity index (χ4n) is 11.7. The van der Waals surface area contributed by atoms with Crippen LogP contribution in [-0.2, 0) is 47.4 Å². The first-order valence-electron chi connectivity index (χ1n) is 25.3. The fraction of sp³-hybridized carbons (Fsp3) is 0.286. The highest BCUT2D eigenvalue weighted by molar-refractivity contribution is 7.24. The number of rotatable bonds is 12. The van der Waals surface area contributed by atoms with Crippen LogP contribution in [0.2, 0.25) is 0 Å². The highest BCUT2D eigenvalue weighted by Gasteiger charge is 2.74. The van der Waals surface area contributed by atoms with E-state index in [-0.39, 0.29) is 48.5 Å². The van der Waals surface area contributed by atoms with Crippen LogP contribution in [0, 0.1) is 0 Å². The fourth-order valence-corrected chi connectivity index (χ4v) is 11.7. The van der Waals surface area contributed by atoms with E-state index in [0.29, 0.717) is 0 Å². The summed E-state index contributed by atoms with van der Waals surface area (Å²) in [7, 11) is 0. The molecule has 8 aromatic carbocycles. The Morgan fingerprint density at radius 3 is 0.443 bits per heavy atom. The zero-order valence-corrected chi connectivity index (χ0v) is 45.2. The van der Waals surface area contributed by atoms with Crippen LogP contribution in [0.3, 0.4) is 0 Å². The highest BCUT2D eigenvalue weighted by atomic mass is 19.5. The lowest BCUT2D eigenvalue weighted by molar-refractivity contribution is -0.301. The smallest absolute Gasteiger partial charge is 0.191 e.